The van der Waals surface area contributed by atoms with Crippen molar-refractivity contribution < 1.29 is 9.47 Å². The fraction of sp³-hybridized carbons (Fsp3) is 0.324. The zero-order valence-electron chi connectivity index (χ0n) is 22.3. The molecule has 0 radical (unpaired) electrons. The van der Waals surface area contributed by atoms with Crippen LogP contribution in [-0.4, -0.2) is 45.4 Å². The van der Waals surface area contributed by atoms with Gasteiger partial charge in [0.25, 0.3) is 0 Å². The molecule has 0 aliphatic carbocycles. The van der Waals surface area contributed by atoms with Gasteiger partial charge in [0.05, 0.1) is 31.1 Å². The number of pyridine rings is 1. The zero-order valence-corrected chi connectivity index (χ0v) is 22.3. The van der Waals surface area contributed by atoms with Gasteiger partial charge in [-0.3, -0.25) is 4.98 Å². The Morgan fingerprint density at radius 3 is 1.79 bits per heavy atom. The van der Waals surface area contributed by atoms with Gasteiger partial charge in [0.2, 0.25) is 0 Å². The van der Waals surface area contributed by atoms with Crippen molar-refractivity contribution in [2.24, 2.45) is 0 Å². The Morgan fingerprint density at radius 1 is 0.667 bits per heavy atom. The third kappa shape index (κ3) is 6.63. The predicted octanol–water partition coefficient (Wildman–Crippen LogP) is 6.40. The number of hydrogen-bond donors (Lipinski definition) is 2. The van der Waals surface area contributed by atoms with Gasteiger partial charge in [-0.1, -0.05) is 80.2 Å². The summed E-state index contributed by atoms with van der Waals surface area (Å²) in [6, 6.07) is 29.6. The van der Waals surface area contributed by atoms with E-state index in [1.165, 1.54) is 38.9 Å². The van der Waals surface area contributed by atoms with Gasteiger partial charge >= 0.3 is 0 Å². The van der Waals surface area contributed by atoms with Crippen LogP contribution in [0.25, 0.3) is 22.4 Å². The van der Waals surface area contributed by atoms with E-state index in [1.54, 1.807) is 0 Å². The smallest absolute Gasteiger partial charge is 0.0952 e. The van der Waals surface area contributed by atoms with Gasteiger partial charge in [-0.05, 0) is 72.5 Å². The molecule has 1 aromatic heterocycles. The average Bonchev–Trinajstić information content (AvgIpc) is 2.98. The molecule has 3 heterocycles. The molecule has 204 valence electrons. The minimum atomic E-state index is 0. The summed E-state index contributed by atoms with van der Waals surface area (Å²) < 4.78 is 11.7. The number of likely N-dealkylation sites (N-methyl/N-ethyl adjacent to an activating group) is 2. The fourth-order valence-corrected chi connectivity index (χ4v) is 5.52. The maximum atomic E-state index is 5.87. The maximum Gasteiger partial charge on any atom is 0.0952 e. The van der Waals surface area contributed by atoms with Crippen LogP contribution in [0.15, 0.2) is 91.1 Å². The molecular weight excluding hydrogens is 482 g/mol. The number of nitrogens with zero attached hydrogens (tertiary/aromatic N) is 1. The third-order valence-corrected chi connectivity index (χ3v) is 7.27. The van der Waals surface area contributed by atoms with E-state index >= 15 is 0 Å². The Kier molecular flexibility index (Phi) is 10.4. The first kappa shape index (κ1) is 28.7. The summed E-state index contributed by atoms with van der Waals surface area (Å²) in [4.78, 5) is 4.47. The second-order valence-corrected chi connectivity index (χ2v) is 9.66. The molecule has 5 nitrogen and oxygen atoms in total. The van der Waals surface area contributed by atoms with Crippen molar-refractivity contribution >= 4 is 0 Å². The van der Waals surface area contributed by atoms with Crippen molar-refractivity contribution in [1.29, 1.82) is 0 Å². The fourth-order valence-electron chi connectivity index (χ4n) is 5.52. The Hall–Kier alpha value is -3.35. The molecule has 0 bridgehead atoms. The molecule has 4 aromatic rings. The molecule has 0 fully saturated rings. The second-order valence-electron chi connectivity index (χ2n) is 9.66. The number of fused-ring (bicyclic) bond motifs is 2. The highest BCUT2D eigenvalue weighted by Crippen LogP contribution is 2.35. The highest BCUT2D eigenvalue weighted by Gasteiger charge is 2.23. The first-order chi connectivity index (χ1) is 18.8. The summed E-state index contributed by atoms with van der Waals surface area (Å²) in [5, 5.41) is 6.41. The van der Waals surface area contributed by atoms with Crippen molar-refractivity contribution in [3.63, 3.8) is 0 Å². The highest BCUT2D eigenvalue weighted by atomic mass is 16.5. The van der Waals surface area contributed by atoms with E-state index in [9.17, 15) is 0 Å². The van der Waals surface area contributed by atoms with Crippen LogP contribution in [-0.2, 0) is 22.3 Å². The van der Waals surface area contributed by atoms with Gasteiger partial charge in [0.15, 0.2) is 0 Å². The third-order valence-electron chi connectivity index (χ3n) is 7.27. The normalized spacial score (nSPS) is 17.6. The van der Waals surface area contributed by atoms with Crippen molar-refractivity contribution in [3.05, 3.63) is 113 Å². The lowest BCUT2D eigenvalue weighted by atomic mass is 9.89. The maximum absolute atomic E-state index is 5.87. The zero-order chi connectivity index (χ0) is 26.2. The van der Waals surface area contributed by atoms with Gasteiger partial charge in [0.1, 0.15) is 0 Å². The van der Waals surface area contributed by atoms with Gasteiger partial charge in [-0.25, -0.2) is 0 Å². The first-order valence-electron chi connectivity index (χ1n) is 13.5. The number of rotatable bonds is 6. The van der Waals surface area contributed by atoms with Crippen LogP contribution in [0.1, 0.15) is 41.9 Å². The Morgan fingerprint density at radius 2 is 1.23 bits per heavy atom. The van der Waals surface area contributed by atoms with Crippen LogP contribution in [0.2, 0.25) is 0 Å². The van der Waals surface area contributed by atoms with Crippen molar-refractivity contribution in [3.8, 4) is 22.4 Å². The minimum Gasteiger partial charge on any atom is -0.372 e. The molecule has 5 heteroatoms. The molecule has 2 atom stereocenters. The molecule has 39 heavy (non-hydrogen) atoms. The quantitative estimate of drug-likeness (QED) is 0.306. The second kappa shape index (κ2) is 14.2. The number of benzene rings is 3. The lowest BCUT2D eigenvalue weighted by Gasteiger charge is -2.28. The number of hydrogen-bond acceptors (Lipinski definition) is 5. The van der Waals surface area contributed by atoms with Gasteiger partial charge < -0.3 is 20.1 Å². The largest absolute Gasteiger partial charge is 0.372 e. The first-order valence-corrected chi connectivity index (χ1v) is 13.5. The van der Waals surface area contributed by atoms with Crippen molar-refractivity contribution in [2.45, 2.75) is 32.5 Å². The lowest BCUT2D eigenvalue weighted by Crippen LogP contribution is -2.25. The molecule has 0 amide bonds. The van der Waals surface area contributed by atoms with E-state index in [4.69, 9.17) is 9.47 Å². The van der Waals surface area contributed by atoms with Crippen LogP contribution < -0.4 is 10.6 Å². The van der Waals surface area contributed by atoms with Crippen molar-refractivity contribution in [2.75, 3.05) is 40.4 Å². The van der Waals surface area contributed by atoms with Crippen LogP contribution in [0.3, 0.4) is 0 Å². The SMILES string of the molecule is C.CNC[C@@H]1OCCc2c(-c3ccccn3)cccc21.CNC[C@H]1OCCc2c(-c3ccccc3)cccc21. The van der Waals surface area contributed by atoms with E-state index in [-0.39, 0.29) is 19.6 Å². The molecule has 0 saturated heterocycles. The summed E-state index contributed by atoms with van der Waals surface area (Å²) in [5.41, 5.74) is 10.4. The Balaban J connectivity index is 0.000000176. The van der Waals surface area contributed by atoms with E-state index in [0.29, 0.717) is 0 Å². The van der Waals surface area contributed by atoms with Crippen LogP contribution in [0.4, 0.5) is 0 Å². The Bertz CT molecular complexity index is 1210. The topological polar surface area (TPSA) is 55.4 Å². The van der Waals surface area contributed by atoms with E-state index < -0.39 is 0 Å². The summed E-state index contributed by atoms with van der Waals surface area (Å²) in [6.07, 6.45) is 4.14. The molecular formula is C34H41N3O2. The number of aromatic nitrogens is 1. The van der Waals surface area contributed by atoms with Gasteiger partial charge in [-0.2, -0.15) is 0 Å². The van der Waals surface area contributed by atoms with Gasteiger partial charge in [-0.15, -0.1) is 0 Å². The molecule has 0 saturated carbocycles. The predicted molar refractivity (Wildman–Crippen MR) is 161 cm³/mol. The monoisotopic (exact) mass is 523 g/mol. The molecule has 3 aromatic carbocycles. The molecule has 2 N–H and O–H groups in total. The molecule has 0 spiro atoms. The summed E-state index contributed by atoms with van der Waals surface area (Å²) in [7, 11) is 3.93. The molecule has 2 aliphatic rings. The number of nitrogens with one attached hydrogen (secondary N) is 2. The van der Waals surface area contributed by atoms with E-state index in [1.807, 2.05) is 32.4 Å². The molecule has 0 unspecified atom stereocenters. The minimum absolute atomic E-state index is 0. The van der Waals surface area contributed by atoms with Crippen molar-refractivity contribution in [1.82, 2.24) is 15.6 Å². The summed E-state index contributed by atoms with van der Waals surface area (Å²) in [5.74, 6) is 0. The van der Waals surface area contributed by atoms with Crippen LogP contribution in [0.5, 0.6) is 0 Å². The van der Waals surface area contributed by atoms with Crippen LogP contribution >= 0.6 is 0 Å². The average molecular weight is 524 g/mol. The van der Waals surface area contributed by atoms with Gasteiger partial charge in [0, 0.05) is 24.8 Å². The van der Waals surface area contributed by atoms with Crippen LogP contribution in [0, 0.1) is 0 Å². The lowest BCUT2D eigenvalue weighted by molar-refractivity contribution is 0.0439. The highest BCUT2D eigenvalue weighted by molar-refractivity contribution is 5.69. The van der Waals surface area contributed by atoms with E-state index in [0.717, 1.165) is 44.8 Å². The number of ether oxygens (including phenoxy) is 2. The van der Waals surface area contributed by atoms with E-state index in [2.05, 4.69) is 88.4 Å². The molecule has 6 rings (SSSR count). The molecule has 2 aliphatic heterocycles. The standard InChI is InChI=1S/C17H19NO.C16H18N2O.CH4/c1-18-12-17-16-9-5-8-14(15(16)10-11-19-17)13-6-3-2-4-7-13;1-17-11-16-14-6-4-5-13(12(14)8-10-19-16)15-7-2-3-9-18-15;/h2-9,17-18H,10-12H2,1H3;2-7,9,16-17H,8,10-11H2,1H3;1H4/t17-;16-;/m10./s1. The summed E-state index contributed by atoms with van der Waals surface area (Å²) in [6.45, 7) is 3.30. The Labute approximate surface area is 233 Å². The summed E-state index contributed by atoms with van der Waals surface area (Å²) >= 11 is 0.